The van der Waals surface area contributed by atoms with Gasteiger partial charge in [0.1, 0.15) is 12.1 Å². The molecule has 2 atom stereocenters. The Morgan fingerprint density at radius 3 is 3.11 bits per heavy atom. The first-order chi connectivity index (χ1) is 13.3. The molecule has 0 amide bonds. The molecule has 0 saturated heterocycles. The number of hydrogen-bond acceptors (Lipinski definition) is 7. The number of anilines is 1. The third-order valence-corrected chi connectivity index (χ3v) is 5.09. The van der Waals surface area contributed by atoms with E-state index in [-0.39, 0.29) is 5.92 Å². The smallest absolute Gasteiger partial charge is 0.230 e. The second kappa shape index (κ2) is 6.46. The van der Waals surface area contributed by atoms with Crippen LogP contribution in [-0.2, 0) is 0 Å². The van der Waals surface area contributed by atoms with Gasteiger partial charge in [0.15, 0.2) is 5.65 Å². The maximum Gasteiger partial charge on any atom is 0.230 e. The topological polar surface area (TPSA) is 105 Å². The van der Waals surface area contributed by atoms with E-state index in [0.29, 0.717) is 17.8 Å². The number of rotatable bonds is 4. The minimum absolute atomic E-state index is 0.259. The number of fused-ring (bicyclic) bond motifs is 1. The Morgan fingerprint density at radius 1 is 1.22 bits per heavy atom. The summed E-state index contributed by atoms with van der Waals surface area (Å²) in [6.07, 6.45) is 6.25. The molecule has 8 heteroatoms. The molecule has 27 heavy (non-hydrogen) atoms. The summed E-state index contributed by atoms with van der Waals surface area (Å²) in [4.78, 5) is 13.2. The average molecular weight is 361 g/mol. The standard InChI is InChI=1S/C19H19N7O/c1-11-3-2-4-12(7-11)16-24-19(27-26-16)13-5-6-14(8-13)23-17-15-9-22-25-18(15)21-10-20-17/h2-4,7,9-10,13-14H,5-6,8H2,1H3,(H2,20,21,22,23,25)/t13-,14-/m0/s1. The summed E-state index contributed by atoms with van der Waals surface area (Å²) in [7, 11) is 0. The number of aromatic amines is 1. The van der Waals surface area contributed by atoms with Crippen LogP contribution in [0.5, 0.6) is 0 Å². The van der Waals surface area contributed by atoms with E-state index in [4.69, 9.17) is 4.52 Å². The zero-order valence-electron chi connectivity index (χ0n) is 14.9. The first-order valence-electron chi connectivity index (χ1n) is 9.07. The van der Waals surface area contributed by atoms with Crippen LogP contribution in [0, 0.1) is 6.92 Å². The summed E-state index contributed by atoms with van der Waals surface area (Å²) in [6, 6.07) is 8.44. The van der Waals surface area contributed by atoms with Crippen LogP contribution < -0.4 is 5.32 Å². The van der Waals surface area contributed by atoms with Gasteiger partial charge in [-0.25, -0.2) is 9.97 Å². The van der Waals surface area contributed by atoms with Crippen molar-refractivity contribution in [3.8, 4) is 11.4 Å². The molecule has 1 saturated carbocycles. The van der Waals surface area contributed by atoms with Crippen LogP contribution in [-0.4, -0.2) is 36.3 Å². The van der Waals surface area contributed by atoms with Crippen molar-refractivity contribution in [2.45, 2.75) is 38.1 Å². The number of hydrogen-bond donors (Lipinski definition) is 2. The van der Waals surface area contributed by atoms with Gasteiger partial charge in [-0.15, -0.1) is 0 Å². The van der Waals surface area contributed by atoms with Crippen LogP contribution in [0.25, 0.3) is 22.4 Å². The zero-order valence-corrected chi connectivity index (χ0v) is 14.9. The summed E-state index contributed by atoms with van der Waals surface area (Å²) in [5.74, 6) is 2.44. The molecule has 0 aliphatic heterocycles. The van der Waals surface area contributed by atoms with E-state index in [1.54, 1.807) is 12.5 Å². The maximum atomic E-state index is 5.57. The van der Waals surface area contributed by atoms with Crippen LogP contribution in [0.2, 0.25) is 0 Å². The lowest BCUT2D eigenvalue weighted by Crippen LogP contribution is -2.16. The Balaban J connectivity index is 1.30. The number of aryl methyl sites for hydroxylation is 1. The molecular weight excluding hydrogens is 342 g/mol. The lowest BCUT2D eigenvalue weighted by molar-refractivity contribution is 0.354. The van der Waals surface area contributed by atoms with Crippen molar-refractivity contribution in [2.24, 2.45) is 0 Å². The van der Waals surface area contributed by atoms with E-state index in [0.717, 1.165) is 41.7 Å². The van der Waals surface area contributed by atoms with Crippen molar-refractivity contribution in [2.75, 3.05) is 5.32 Å². The SMILES string of the molecule is Cc1cccc(-c2noc([C@H]3CC[C@H](Nc4ncnc5[nH]ncc45)C3)n2)c1. The van der Waals surface area contributed by atoms with Crippen molar-refractivity contribution in [1.82, 2.24) is 30.3 Å². The molecule has 1 aliphatic rings. The Labute approximate surface area is 155 Å². The van der Waals surface area contributed by atoms with Gasteiger partial charge < -0.3 is 9.84 Å². The summed E-state index contributed by atoms with van der Waals surface area (Å²) >= 11 is 0. The summed E-state index contributed by atoms with van der Waals surface area (Å²) in [6.45, 7) is 2.06. The molecule has 1 fully saturated rings. The molecule has 8 nitrogen and oxygen atoms in total. The molecule has 0 bridgehead atoms. The molecule has 1 aromatic carbocycles. The number of nitrogens with one attached hydrogen (secondary N) is 2. The fourth-order valence-electron chi connectivity index (χ4n) is 3.71. The van der Waals surface area contributed by atoms with Crippen molar-refractivity contribution >= 4 is 16.9 Å². The van der Waals surface area contributed by atoms with Crippen molar-refractivity contribution in [1.29, 1.82) is 0 Å². The van der Waals surface area contributed by atoms with Gasteiger partial charge in [-0.2, -0.15) is 10.1 Å². The third-order valence-electron chi connectivity index (χ3n) is 5.09. The molecule has 136 valence electrons. The highest BCUT2D eigenvalue weighted by Crippen LogP contribution is 2.36. The van der Waals surface area contributed by atoms with Crippen molar-refractivity contribution in [3.63, 3.8) is 0 Å². The second-order valence-corrected chi connectivity index (χ2v) is 7.03. The summed E-state index contributed by atoms with van der Waals surface area (Å²) in [5.41, 5.74) is 2.90. The van der Waals surface area contributed by atoms with Gasteiger partial charge in [0, 0.05) is 17.5 Å². The van der Waals surface area contributed by atoms with Crippen LogP contribution >= 0.6 is 0 Å². The second-order valence-electron chi connectivity index (χ2n) is 7.03. The Bertz CT molecular complexity index is 1090. The van der Waals surface area contributed by atoms with E-state index in [1.165, 1.54) is 5.56 Å². The predicted octanol–water partition coefficient (Wildman–Crippen LogP) is 3.46. The Morgan fingerprint density at radius 2 is 2.19 bits per heavy atom. The van der Waals surface area contributed by atoms with Gasteiger partial charge in [-0.3, -0.25) is 5.10 Å². The van der Waals surface area contributed by atoms with E-state index in [2.05, 4.69) is 54.7 Å². The van der Waals surface area contributed by atoms with Crippen LogP contribution in [0.15, 0.2) is 41.3 Å². The van der Waals surface area contributed by atoms with Gasteiger partial charge >= 0.3 is 0 Å². The normalized spacial score (nSPS) is 19.6. The minimum atomic E-state index is 0.259. The highest BCUT2D eigenvalue weighted by Gasteiger charge is 2.30. The quantitative estimate of drug-likeness (QED) is 0.573. The van der Waals surface area contributed by atoms with E-state index < -0.39 is 0 Å². The number of H-pyrrole nitrogens is 1. The molecule has 1 aliphatic carbocycles. The Hall–Kier alpha value is -3.29. The summed E-state index contributed by atoms with van der Waals surface area (Å²) in [5, 5.41) is 15.5. The molecule has 0 spiro atoms. The third kappa shape index (κ3) is 3.03. The van der Waals surface area contributed by atoms with Gasteiger partial charge in [-0.05, 0) is 32.3 Å². The van der Waals surface area contributed by atoms with Gasteiger partial charge in [0.2, 0.25) is 11.7 Å². The zero-order chi connectivity index (χ0) is 18.2. The van der Waals surface area contributed by atoms with Gasteiger partial charge in [0.05, 0.1) is 11.6 Å². The van der Waals surface area contributed by atoms with Gasteiger partial charge in [0.25, 0.3) is 0 Å². The van der Waals surface area contributed by atoms with E-state index in [9.17, 15) is 0 Å². The van der Waals surface area contributed by atoms with Crippen LogP contribution in [0.1, 0.15) is 36.6 Å². The molecule has 4 aromatic rings. The molecule has 3 aromatic heterocycles. The first kappa shape index (κ1) is 15.9. The van der Waals surface area contributed by atoms with Crippen LogP contribution in [0.4, 0.5) is 5.82 Å². The fourth-order valence-corrected chi connectivity index (χ4v) is 3.71. The number of benzene rings is 1. The maximum absolute atomic E-state index is 5.57. The number of aromatic nitrogens is 6. The highest BCUT2D eigenvalue weighted by atomic mass is 16.5. The minimum Gasteiger partial charge on any atom is -0.367 e. The van der Waals surface area contributed by atoms with Crippen LogP contribution in [0.3, 0.4) is 0 Å². The molecule has 2 N–H and O–H groups in total. The van der Waals surface area contributed by atoms with Crippen molar-refractivity contribution in [3.05, 3.63) is 48.2 Å². The largest absolute Gasteiger partial charge is 0.367 e. The lowest BCUT2D eigenvalue weighted by Gasteiger charge is -2.13. The molecule has 0 radical (unpaired) electrons. The molecule has 5 rings (SSSR count). The molecular formula is C19H19N7O. The van der Waals surface area contributed by atoms with Crippen molar-refractivity contribution < 1.29 is 4.52 Å². The predicted molar refractivity (Wildman–Crippen MR) is 100 cm³/mol. The molecule has 3 heterocycles. The number of nitrogens with zero attached hydrogens (tertiary/aromatic N) is 5. The average Bonchev–Trinajstić information content (AvgIpc) is 3.42. The fraction of sp³-hybridized carbons (Fsp3) is 0.316. The lowest BCUT2D eigenvalue weighted by atomic mass is 10.1. The Kier molecular flexibility index (Phi) is 3.81. The molecule has 0 unspecified atom stereocenters. The van der Waals surface area contributed by atoms with E-state index >= 15 is 0 Å². The monoisotopic (exact) mass is 361 g/mol. The van der Waals surface area contributed by atoms with Gasteiger partial charge in [-0.1, -0.05) is 28.9 Å². The van der Waals surface area contributed by atoms with E-state index in [1.807, 2.05) is 12.1 Å². The summed E-state index contributed by atoms with van der Waals surface area (Å²) < 4.78 is 5.57. The first-order valence-corrected chi connectivity index (χ1v) is 9.07. The highest BCUT2D eigenvalue weighted by molar-refractivity contribution is 5.85.